The Morgan fingerprint density at radius 3 is 2.73 bits per heavy atom. The smallest absolute Gasteiger partial charge is 0.387 e. The van der Waals surface area contributed by atoms with Crippen LogP contribution in [0.15, 0.2) is 23.3 Å². The summed E-state index contributed by atoms with van der Waals surface area (Å²) in [5.74, 6) is 0.169. The highest BCUT2D eigenvalue weighted by Gasteiger charge is 2.14. The molecule has 5 nitrogen and oxygen atoms in total. The van der Waals surface area contributed by atoms with Crippen LogP contribution in [0.1, 0.15) is 26.3 Å². The van der Waals surface area contributed by atoms with E-state index in [0.717, 1.165) is 0 Å². The normalized spacial score (nSPS) is 11.0. The molecule has 2 N–H and O–H groups in total. The fourth-order valence-corrected chi connectivity index (χ4v) is 1.86. The molecular weight excluding hydrogens is 312 g/mol. The summed E-state index contributed by atoms with van der Waals surface area (Å²) in [7, 11) is 0. The number of benzene rings is 1. The van der Waals surface area contributed by atoms with E-state index in [1.54, 1.807) is 25.1 Å². The molecule has 0 saturated heterocycles. The first-order chi connectivity index (χ1) is 10.4. The molecule has 122 valence electrons. The van der Waals surface area contributed by atoms with Gasteiger partial charge in [0.2, 0.25) is 0 Å². The lowest BCUT2D eigenvalue weighted by Gasteiger charge is -2.13. The van der Waals surface area contributed by atoms with Crippen molar-refractivity contribution in [1.82, 2.24) is 10.7 Å². The Bertz CT molecular complexity index is 525. The van der Waals surface area contributed by atoms with Crippen molar-refractivity contribution in [2.24, 2.45) is 5.10 Å². The molecule has 22 heavy (non-hydrogen) atoms. The zero-order valence-electron chi connectivity index (χ0n) is 12.6. The van der Waals surface area contributed by atoms with Crippen molar-refractivity contribution in [3.8, 4) is 11.5 Å². The lowest BCUT2D eigenvalue weighted by molar-refractivity contribution is -0.0515. The number of para-hydroxylation sites is 1. The van der Waals surface area contributed by atoms with E-state index in [4.69, 9.17) is 17.0 Å². The van der Waals surface area contributed by atoms with Gasteiger partial charge in [0, 0.05) is 11.6 Å². The summed E-state index contributed by atoms with van der Waals surface area (Å²) in [5.41, 5.74) is 2.95. The maximum Gasteiger partial charge on any atom is 0.387 e. The molecule has 0 aromatic heterocycles. The predicted molar refractivity (Wildman–Crippen MR) is 85.8 cm³/mol. The van der Waals surface area contributed by atoms with Crippen molar-refractivity contribution in [3.05, 3.63) is 23.8 Å². The van der Waals surface area contributed by atoms with Gasteiger partial charge in [-0.3, -0.25) is 5.43 Å². The van der Waals surface area contributed by atoms with Gasteiger partial charge >= 0.3 is 6.61 Å². The van der Waals surface area contributed by atoms with E-state index < -0.39 is 6.61 Å². The minimum atomic E-state index is -2.95. The molecule has 8 heteroatoms. The van der Waals surface area contributed by atoms with Gasteiger partial charge in [0.05, 0.1) is 12.8 Å². The van der Waals surface area contributed by atoms with Gasteiger partial charge < -0.3 is 14.8 Å². The van der Waals surface area contributed by atoms with Crippen LogP contribution in [0.25, 0.3) is 0 Å². The number of hydrogen-bond acceptors (Lipinski definition) is 4. The average molecular weight is 331 g/mol. The number of rotatable bonds is 7. The fraction of sp³-hybridized carbons (Fsp3) is 0.429. The third-order valence-electron chi connectivity index (χ3n) is 2.31. The van der Waals surface area contributed by atoms with Gasteiger partial charge in [0.25, 0.3) is 0 Å². The number of alkyl halides is 2. The van der Waals surface area contributed by atoms with E-state index in [0.29, 0.717) is 17.3 Å². The second kappa shape index (κ2) is 9.14. The van der Waals surface area contributed by atoms with Crippen LogP contribution in [-0.2, 0) is 0 Å². The van der Waals surface area contributed by atoms with Crippen molar-refractivity contribution in [1.29, 1.82) is 0 Å². The zero-order valence-corrected chi connectivity index (χ0v) is 13.4. The Labute approximate surface area is 133 Å². The molecule has 0 fully saturated rings. The van der Waals surface area contributed by atoms with Gasteiger partial charge in [-0.1, -0.05) is 6.07 Å². The molecular formula is C14H19F2N3O2S. The van der Waals surface area contributed by atoms with Crippen LogP contribution in [0.4, 0.5) is 8.78 Å². The highest BCUT2D eigenvalue weighted by atomic mass is 32.1. The third kappa shape index (κ3) is 6.21. The lowest BCUT2D eigenvalue weighted by Crippen LogP contribution is -2.36. The molecule has 1 aromatic rings. The van der Waals surface area contributed by atoms with Gasteiger partial charge in [-0.05, 0) is 45.1 Å². The number of thiocarbonyl (C=S) groups is 1. The van der Waals surface area contributed by atoms with Crippen molar-refractivity contribution in [2.75, 3.05) is 6.61 Å². The summed E-state index contributed by atoms with van der Waals surface area (Å²) < 4.78 is 34.9. The van der Waals surface area contributed by atoms with Crippen molar-refractivity contribution >= 4 is 23.5 Å². The van der Waals surface area contributed by atoms with Crippen LogP contribution < -0.4 is 20.2 Å². The van der Waals surface area contributed by atoms with Crippen LogP contribution in [0.2, 0.25) is 0 Å². The molecule has 1 rings (SSSR count). The first-order valence-electron chi connectivity index (χ1n) is 6.74. The number of hydrogen-bond donors (Lipinski definition) is 2. The molecule has 0 saturated carbocycles. The Morgan fingerprint density at radius 2 is 2.14 bits per heavy atom. The van der Waals surface area contributed by atoms with Crippen molar-refractivity contribution in [3.63, 3.8) is 0 Å². The summed E-state index contributed by atoms with van der Waals surface area (Å²) in [5, 5.41) is 7.18. The van der Waals surface area contributed by atoms with E-state index in [1.165, 1.54) is 6.21 Å². The lowest BCUT2D eigenvalue weighted by atomic mass is 10.2. The van der Waals surface area contributed by atoms with Crippen molar-refractivity contribution < 1.29 is 18.3 Å². The molecule has 0 heterocycles. The Balaban J connectivity index is 2.88. The van der Waals surface area contributed by atoms with Crippen LogP contribution in [0.5, 0.6) is 11.5 Å². The van der Waals surface area contributed by atoms with Gasteiger partial charge in [-0.25, -0.2) is 0 Å². The summed E-state index contributed by atoms with van der Waals surface area (Å²) in [6.07, 6.45) is 1.34. The molecule has 0 amide bonds. The molecule has 0 radical (unpaired) electrons. The fourth-order valence-electron chi connectivity index (χ4n) is 1.57. The number of halogens is 2. The Morgan fingerprint density at radius 1 is 1.41 bits per heavy atom. The van der Waals surface area contributed by atoms with Crippen LogP contribution in [0.3, 0.4) is 0 Å². The van der Waals surface area contributed by atoms with Gasteiger partial charge in [-0.2, -0.15) is 13.9 Å². The molecule has 0 bridgehead atoms. The largest absolute Gasteiger partial charge is 0.490 e. The number of nitrogens with one attached hydrogen (secondary N) is 2. The van der Waals surface area contributed by atoms with Crippen LogP contribution >= 0.6 is 12.2 Å². The predicted octanol–water partition coefficient (Wildman–Crippen LogP) is 2.89. The van der Waals surface area contributed by atoms with Gasteiger partial charge in [0.1, 0.15) is 0 Å². The van der Waals surface area contributed by atoms with Crippen LogP contribution in [-0.4, -0.2) is 30.6 Å². The van der Waals surface area contributed by atoms with E-state index in [1.807, 2.05) is 13.8 Å². The van der Waals surface area contributed by atoms with E-state index >= 15 is 0 Å². The first kappa shape index (κ1) is 18.1. The summed E-state index contributed by atoms with van der Waals surface area (Å²) in [4.78, 5) is 0. The maximum absolute atomic E-state index is 12.5. The quantitative estimate of drug-likeness (QED) is 0.457. The molecule has 0 unspecified atom stereocenters. The number of hydrazone groups is 1. The second-order valence-corrected chi connectivity index (χ2v) is 4.89. The minimum absolute atomic E-state index is 0.0624. The Kier molecular flexibility index (Phi) is 7.51. The van der Waals surface area contributed by atoms with Gasteiger partial charge in [-0.15, -0.1) is 0 Å². The third-order valence-corrected chi connectivity index (χ3v) is 2.51. The summed E-state index contributed by atoms with van der Waals surface area (Å²) >= 11 is 5.00. The summed E-state index contributed by atoms with van der Waals surface area (Å²) in [6, 6.07) is 4.96. The van der Waals surface area contributed by atoms with Gasteiger partial charge in [0.15, 0.2) is 16.6 Å². The average Bonchev–Trinajstić information content (AvgIpc) is 2.41. The molecule has 0 aliphatic rings. The standard InChI is InChI=1S/C14H19F2N3O2S/c1-4-20-11-7-5-6-10(12(11)21-13(15)16)8-17-19-14(22)18-9(2)3/h5-9,13H,4H2,1-3H3,(H2,18,19,22)/b17-8-. The highest BCUT2D eigenvalue weighted by Crippen LogP contribution is 2.31. The monoisotopic (exact) mass is 331 g/mol. The minimum Gasteiger partial charge on any atom is -0.490 e. The number of nitrogens with zero attached hydrogens (tertiary/aromatic N) is 1. The topological polar surface area (TPSA) is 54.9 Å². The molecule has 0 spiro atoms. The van der Waals surface area contributed by atoms with E-state index in [9.17, 15) is 8.78 Å². The molecule has 0 aliphatic heterocycles. The highest BCUT2D eigenvalue weighted by molar-refractivity contribution is 7.80. The zero-order chi connectivity index (χ0) is 16.5. The first-order valence-corrected chi connectivity index (χ1v) is 7.15. The summed E-state index contributed by atoms with van der Waals surface area (Å²) in [6.45, 7) is 2.99. The van der Waals surface area contributed by atoms with E-state index in [-0.39, 0.29) is 17.5 Å². The molecule has 0 atom stereocenters. The maximum atomic E-state index is 12.5. The van der Waals surface area contributed by atoms with Crippen molar-refractivity contribution in [2.45, 2.75) is 33.4 Å². The van der Waals surface area contributed by atoms with Crippen LogP contribution in [0, 0.1) is 0 Å². The Hall–Kier alpha value is -1.96. The molecule has 0 aliphatic carbocycles. The number of ether oxygens (including phenoxy) is 2. The second-order valence-electron chi connectivity index (χ2n) is 4.48. The SMILES string of the molecule is CCOc1cccc(/C=N\NC(=S)NC(C)C)c1OC(F)F. The molecule has 1 aromatic carbocycles. The van der Waals surface area contributed by atoms with E-state index in [2.05, 4.69) is 20.6 Å².